The first kappa shape index (κ1) is 16.9. The molecule has 2 heterocycles. The van der Waals surface area contributed by atoms with E-state index in [4.69, 9.17) is 12.2 Å². The molecule has 0 saturated heterocycles. The molecule has 3 N–H and O–H groups in total. The molecule has 9 heteroatoms. The second-order valence-corrected chi connectivity index (χ2v) is 4.93. The summed E-state index contributed by atoms with van der Waals surface area (Å²) in [6, 6.07) is 5.43. The number of amides is 1. The van der Waals surface area contributed by atoms with Crippen LogP contribution in [0.1, 0.15) is 15.9 Å². The maximum Gasteiger partial charge on any atom is 0.417 e. The SMILES string of the molecule is O=C(NCCNc1ccc(C(F)(F)F)cn1)c1ccc[nH]c1=S. The van der Waals surface area contributed by atoms with Crippen molar-refractivity contribution in [3.05, 3.63) is 52.4 Å². The van der Waals surface area contributed by atoms with Gasteiger partial charge in [0.05, 0.1) is 11.1 Å². The van der Waals surface area contributed by atoms with Gasteiger partial charge in [0.1, 0.15) is 10.5 Å². The fourth-order valence-corrected chi connectivity index (χ4v) is 1.96. The molecule has 0 spiro atoms. The van der Waals surface area contributed by atoms with Gasteiger partial charge >= 0.3 is 6.18 Å². The second kappa shape index (κ2) is 7.23. The molecule has 0 aliphatic carbocycles. The van der Waals surface area contributed by atoms with Gasteiger partial charge in [-0.3, -0.25) is 4.79 Å². The van der Waals surface area contributed by atoms with Gasteiger partial charge in [-0.25, -0.2) is 4.98 Å². The summed E-state index contributed by atoms with van der Waals surface area (Å²) in [6.45, 7) is 0.582. The Kier molecular flexibility index (Phi) is 5.32. The highest BCUT2D eigenvalue weighted by molar-refractivity contribution is 7.71. The number of aromatic amines is 1. The monoisotopic (exact) mass is 342 g/mol. The first-order valence-corrected chi connectivity index (χ1v) is 7.02. The van der Waals surface area contributed by atoms with Crippen molar-refractivity contribution >= 4 is 23.9 Å². The van der Waals surface area contributed by atoms with Crippen LogP contribution in [0.2, 0.25) is 0 Å². The molecular formula is C14H13F3N4OS. The van der Waals surface area contributed by atoms with Crippen molar-refractivity contribution in [3.8, 4) is 0 Å². The smallest absolute Gasteiger partial charge is 0.368 e. The van der Waals surface area contributed by atoms with Gasteiger partial charge in [-0.05, 0) is 24.3 Å². The van der Waals surface area contributed by atoms with Crippen LogP contribution in [-0.2, 0) is 6.18 Å². The molecular weight excluding hydrogens is 329 g/mol. The van der Waals surface area contributed by atoms with Crippen LogP contribution in [0.5, 0.6) is 0 Å². The molecule has 1 amide bonds. The van der Waals surface area contributed by atoms with Gasteiger partial charge in [0.2, 0.25) is 0 Å². The molecule has 2 aromatic rings. The molecule has 0 atom stereocenters. The first-order valence-electron chi connectivity index (χ1n) is 6.61. The van der Waals surface area contributed by atoms with E-state index in [9.17, 15) is 18.0 Å². The lowest BCUT2D eigenvalue weighted by atomic mass is 10.2. The van der Waals surface area contributed by atoms with Gasteiger partial charge in [-0.2, -0.15) is 13.2 Å². The average Bonchev–Trinajstić information content (AvgIpc) is 2.51. The molecule has 5 nitrogen and oxygen atoms in total. The number of carbonyl (C=O) groups excluding carboxylic acids is 1. The molecule has 0 bridgehead atoms. The minimum absolute atomic E-state index is 0.269. The molecule has 0 fully saturated rings. The quantitative estimate of drug-likeness (QED) is 0.577. The highest BCUT2D eigenvalue weighted by Crippen LogP contribution is 2.28. The van der Waals surface area contributed by atoms with Crippen LogP contribution in [0.15, 0.2) is 36.7 Å². The molecule has 0 unspecified atom stereocenters. The van der Waals surface area contributed by atoms with E-state index in [-0.39, 0.29) is 12.5 Å². The Morgan fingerprint density at radius 3 is 2.65 bits per heavy atom. The zero-order valence-corrected chi connectivity index (χ0v) is 12.6. The summed E-state index contributed by atoms with van der Waals surface area (Å²) in [4.78, 5) is 18.3. The maximum absolute atomic E-state index is 12.4. The number of hydrogen-bond donors (Lipinski definition) is 3. The number of nitrogens with zero attached hydrogens (tertiary/aromatic N) is 1. The minimum Gasteiger partial charge on any atom is -0.368 e. The molecule has 0 aliphatic rings. The van der Waals surface area contributed by atoms with Gasteiger partial charge in [-0.15, -0.1) is 0 Å². The number of rotatable bonds is 5. The lowest BCUT2D eigenvalue weighted by molar-refractivity contribution is -0.137. The summed E-state index contributed by atoms with van der Waals surface area (Å²) in [5.41, 5.74) is -0.454. The van der Waals surface area contributed by atoms with Crippen molar-refractivity contribution in [2.24, 2.45) is 0 Å². The van der Waals surface area contributed by atoms with E-state index in [1.165, 1.54) is 6.07 Å². The number of anilines is 1. The molecule has 122 valence electrons. The first-order chi connectivity index (χ1) is 10.9. The fraction of sp³-hybridized carbons (Fsp3) is 0.214. The number of halogens is 3. The van der Waals surface area contributed by atoms with Crippen LogP contribution in [0.4, 0.5) is 19.0 Å². The van der Waals surface area contributed by atoms with Crippen molar-refractivity contribution in [3.63, 3.8) is 0 Å². The molecule has 0 aromatic carbocycles. The zero-order valence-electron chi connectivity index (χ0n) is 11.8. The van der Waals surface area contributed by atoms with Crippen LogP contribution in [0, 0.1) is 4.64 Å². The molecule has 2 aromatic heterocycles. The second-order valence-electron chi connectivity index (χ2n) is 4.53. The van der Waals surface area contributed by atoms with Gasteiger partial charge in [-0.1, -0.05) is 12.2 Å². The Morgan fingerprint density at radius 2 is 2.04 bits per heavy atom. The van der Waals surface area contributed by atoms with Crippen molar-refractivity contribution in [2.45, 2.75) is 6.18 Å². The summed E-state index contributed by atoms with van der Waals surface area (Å²) in [5.74, 6) is -0.0294. The van der Waals surface area contributed by atoms with Crippen LogP contribution in [0.25, 0.3) is 0 Å². The normalized spacial score (nSPS) is 11.1. The fourth-order valence-electron chi connectivity index (χ4n) is 1.73. The molecule has 0 radical (unpaired) electrons. The topological polar surface area (TPSA) is 69.8 Å². The van der Waals surface area contributed by atoms with E-state index in [2.05, 4.69) is 20.6 Å². The summed E-state index contributed by atoms with van der Waals surface area (Å²) in [5, 5.41) is 5.47. The molecule has 0 saturated carbocycles. The molecule has 0 aliphatic heterocycles. The van der Waals surface area contributed by atoms with Gasteiger partial charge in [0, 0.05) is 25.5 Å². The average molecular weight is 342 g/mol. The third-order valence-electron chi connectivity index (χ3n) is 2.87. The lowest BCUT2D eigenvalue weighted by Crippen LogP contribution is -2.29. The third-order valence-corrected chi connectivity index (χ3v) is 3.21. The van der Waals surface area contributed by atoms with E-state index in [0.29, 0.717) is 22.6 Å². The van der Waals surface area contributed by atoms with E-state index in [1.807, 2.05) is 0 Å². The maximum atomic E-state index is 12.4. The van der Waals surface area contributed by atoms with Crippen LogP contribution >= 0.6 is 12.2 Å². The number of nitrogens with one attached hydrogen (secondary N) is 3. The Hall–Kier alpha value is -2.42. The number of aromatic nitrogens is 2. The van der Waals surface area contributed by atoms with E-state index in [1.54, 1.807) is 18.3 Å². The summed E-state index contributed by atoms with van der Waals surface area (Å²) < 4.78 is 37.5. The van der Waals surface area contributed by atoms with Gasteiger partial charge < -0.3 is 15.6 Å². The van der Waals surface area contributed by atoms with Crippen molar-refractivity contribution in [1.29, 1.82) is 0 Å². The van der Waals surface area contributed by atoms with Crippen LogP contribution in [-0.4, -0.2) is 29.0 Å². The predicted molar refractivity (Wildman–Crippen MR) is 81.7 cm³/mol. The summed E-state index contributed by atoms with van der Waals surface area (Å²) in [7, 11) is 0. The number of pyridine rings is 2. The highest BCUT2D eigenvalue weighted by Gasteiger charge is 2.30. The van der Waals surface area contributed by atoms with E-state index < -0.39 is 11.7 Å². The molecule has 2 rings (SSSR count). The standard InChI is InChI=1S/C14H13F3N4OS/c15-14(16,17)9-3-4-11(21-8-9)18-6-7-19-12(22)10-2-1-5-20-13(10)23/h1-5,8H,6-7H2,(H,18,21)(H,19,22)(H,20,23). The number of carbonyl (C=O) groups is 1. The minimum atomic E-state index is -4.41. The highest BCUT2D eigenvalue weighted by atomic mass is 32.1. The predicted octanol–water partition coefficient (Wildman–Crippen LogP) is 3.00. The Bertz CT molecular complexity index is 728. The summed E-state index contributed by atoms with van der Waals surface area (Å²) in [6.07, 6.45) is -2.03. The Balaban J connectivity index is 1.81. The zero-order chi connectivity index (χ0) is 16.9. The van der Waals surface area contributed by atoms with Crippen molar-refractivity contribution in [1.82, 2.24) is 15.3 Å². The third kappa shape index (κ3) is 4.78. The number of hydrogen-bond acceptors (Lipinski definition) is 4. The van der Waals surface area contributed by atoms with Gasteiger partial charge in [0.15, 0.2) is 0 Å². The Labute approximate surface area is 135 Å². The number of H-pyrrole nitrogens is 1. The van der Waals surface area contributed by atoms with Crippen molar-refractivity contribution in [2.75, 3.05) is 18.4 Å². The van der Waals surface area contributed by atoms with Crippen LogP contribution < -0.4 is 10.6 Å². The lowest BCUT2D eigenvalue weighted by Gasteiger charge is -2.09. The van der Waals surface area contributed by atoms with Gasteiger partial charge in [0.25, 0.3) is 5.91 Å². The van der Waals surface area contributed by atoms with E-state index in [0.717, 1.165) is 12.3 Å². The summed E-state index contributed by atoms with van der Waals surface area (Å²) >= 11 is 4.99. The van der Waals surface area contributed by atoms with E-state index >= 15 is 0 Å². The molecule has 23 heavy (non-hydrogen) atoms. The van der Waals surface area contributed by atoms with Crippen molar-refractivity contribution < 1.29 is 18.0 Å². The van der Waals surface area contributed by atoms with Crippen LogP contribution in [0.3, 0.4) is 0 Å². The largest absolute Gasteiger partial charge is 0.417 e. The Morgan fingerprint density at radius 1 is 1.26 bits per heavy atom. The number of alkyl halides is 3.